The van der Waals surface area contributed by atoms with Crippen molar-refractivity contribution in [2.45, 2.75) is 44.4 Å². The number of carbonyl (C=O) groups is 1. The van der Waals surface area contributed by atoms with Gasteiger partial charge in [0.25, 0.3) is 5.91 Å². The van der Waals surface area contributed by atoms with Gasteiger partial charge in [0.2, 0.25) is 0 Å². The Balaban J connectivity index is 1.56. The summed E-state index contributed by atoms with van der Waals surface area (Å²) in [5.41, 5.74) is 0.512. The lowest BCUT2D eigenvalue weighted by molar-refractivity contribution is -0.174. The molecular formula is C19H17F3N4O2S. The Morgan fingerprint density at radius 3 is 2.76 bits per heavy atom. The number of anilines is 1. The summed E-state index contributed by atoms with van der Waals surface area (Å²) in [6, 6.07) is 4.50. The quantitative estimate of drug-likeness (QED) is 0.606. The number of fused-ring (bicyclic) bond motifs is 1. The zero-order chi connectivity index (χ0) is 20.3. The van der Waals surface area contributed by atoms with Crippen molar-refractivity contribution in [2.24, 2.45) is 5.92 Å². The van der Waals surface area contributed by atoms with Gasteiger partial charge in [-0.2, -0.15) is 18.3 Å². The van der Waals surface area contributed by atoms with E-state index in [1.54, 1.807) is 13.0 Å². The largest absolute Gasteiger partial charge is 0.410 e. The van der Waals surface area contributed by atoms with Gasteiger partial charge < -0.3 is 4.52 Å². The van der Waals surface area contributed by atoms with Gasteiger partial charge >= 0.3 is 6.18 Å². The van der Waals surface area contributed by atoms with E-state index in [4.69, 9.17) is 4.52 Å². The molecule has 1 saturated carbocycles. The van der Waals surface area contributed by atoms with Crippen molar-refractivity contribution in [3.63, 3.8) is 0 Å². The van der Waals surface area contributed by atoms with E-state index < -0.39 is 24.2 Å². The second-order valence-electron chi connectivity index (χ2n) is 7.52. The van der Waals surface area contributed by atoms with E-state index in [9.17, 15) is 18.0 Å². The molecule has 29 heavy (non-hydrogen) atoms. The topological polar surface area (TPSA) is 64.2 Å². The Morgan fingerprint density at radius 1 is 1.31 bits per heavy atom. The highest BCUT2D eigenvalue weighted by Gasteiger charge is 2.53. The minimum Gasteiger partial charge on any atom is -0.355 e. The summed E-state index contributed by atoms with van der Waals surface area (Å²) in [7, 11) is 0. The molecular weight excluding hydrogens is 405 g/mol. The average Bonchev–Trinajstić information content (AvgIpc) is 3.07. The van der Waals surface area contributed by atoms with E-state index >= 15 is 0 Å². The molecule has 5 rings (SSSR count). The van der Waals surface area contributed by atoms with Crippen LogP contribution < -0.4 is 4.90 Å². The molecule has 0 N–H and O–H groups in total. The standard InChI is InChI=1S/C19H17F3N4O2S/c1-10-7-17-25(18(27)12-8-14(28-24-12)15-3-2-6-29-15)13(11-4-5-11)9-16(19(20,21)22)26(17)23-10/h2-3,6-8,11,13,16H,4-5,9H2,1H3/t13-,16-/m0/s1. The third-order valence-electron chi connectivity index (χ3n) is 5.43. The Hall–Kier alpha value is -2.62. The number of halogens is 3. The highest BCUT2D eigenvalue weighted by Crippen LogP contribution is 2.48. The molecule has 4 heterocycles. The predicted octanol–water partition coefficient (Wildman–Crippen LogP) is 4.84. The Morgan fingerprint density at radius 2 is 2.10 bits per heavy atom. The molecule has 10 heteroatoms. The molecule has 3 aromatic rings. The van der Waals surface area contributed by atoms with E-state index in [0.29, 0.717) is 11.5 Å². The minimum absolute atomic E-state index is 0.0522. The van der Waals surface area contributed by atoms with Crippen molar-refractivity contribution in [1.82, 2.24) is 14.9 Å². The Kier molecular flexibility index (Phi) is 4.09. The van der Waals surface area contributed by atoms with Gasteiger partial charge in [0.1, 0.15) is 5.82 Å². The molecule has 3 aromatic heterocycles. The lowest BCUT2D eigenvalue weighted by Gasteiger charge is -2.40. The molecule has 6 nitrogen and oxygen atoms in total. The number of aryl methyl sites for hydroxylation is 1. The lowest BCUT2D eigenvalue weighted by atomic mass is 9.97. The third-order valence-corrected chi connectivity index (χ3v) is 6.32. The monoisotopic (exact) mass is 422 g/mol. The average molecular weight is 422 g/mol. The summed E-state index contributed by atoms with van der Waals surface area (Å²) in [6.45, 7) is 1.62. The van der Waals surface area contributed by atoms with E-state index in [-0.39, 0.29) is 23.9 Å². The zero-order valence-electron chi connectivity index (χ0n) is 15.4. The van der Waals surface area contributed by atoms with Gasteiger partial charge in [-0.25, -0.2) is 4.68 Å². The van der Waals surface area contributed by atoms with Gasteiger partial charge in [0.05, 0.1) is 10.6 Å². The van der Waals surface area contributed by atoms with Crippen molar-refractivity contribution in [3.8, 4) is 10.6 Å². The molecule has 0 unspecified atom stereocenters. The number of nitrogens with zero attached hydrogens (tertiary/aromatic N) is 4. The highest BCUT2D eigenvalue weighted by molar-refractivity contribution is 7.13. The lowest BCUT2D eigenvalue weighted by Crippen LogP contribution is -2.50. The zero-order valence-corrected chi connectivity index (χ0v) is 16.2. The molecule has 0 saturated heterocycles. The predicted molar refractivity (Wildman–Crippen MR) is 99.8 cm³/mol. The summed E-state index contributed by atoms with van der Waals surface area (Å²) in [5.74, 6) is 0.214. The fourth-order valence-corrected chi connectivity index (χ4v) is 4.63. The van der Waals surface area contributed by atoms with Crippen LogP contribution in [0.4, 0.5) is 19.0 Å². The smallest absolute Gasteiger partial charge is 0.355 e. The second-order valence-corrected chi connectivity index (χ2v) is 8.46. The molecule has 0 spiro atoms. The van der Waals surface area contributed by atoms with Gasteiger partial charge in [0, 0.05) is 18.2 Å². The number of alkyl halides is 3. The molecule has 152 valence electrons. The number of hydrogen-bond donors (Lipinski definition) is 0. The number of carbonyl (C=O) groups excluding carboxylic acids is 1. The number of aromatic nitrogens is 3. The van der Waals surface area contributed by atoms with Crippen LogP contribution in [0.1, 0.15) is 41.5 Å². The molecule has 0 radical (unpaired) electrons. The van der Waals surface area contributed by atoms with E-state index in [1.165, 1.54) is 22.3 Å². The molecule has 1 aliphatic heterocycles. The molecule has 2 aliphatic rings. The maximum atomic E-state index is 13.7. The van der Waals surface area contributed by atoms with Crippen LogP contribution in [0.5, 0.6) is 0 Å². The first kappa shape index (κ1) is 18.4. The molecule has 1 aliphatic carbocycles. The number of thiophene rings is 1. The van der Waals surface area contributed by atoms with Crippen LogP contribution in [0.2, 0.25) is 0 Å². The van der Waals surface area contributed by atoms with Crippen molar-refractivity contribution in [1.29, 1.82) is 0 Å². The summed E-state index contributed by atoms with van der Waals surface area (Å²) < 4.78 is 47.4. The van der Waals surface area contributed by atoms with E-state index in [0.717, 1.165) is 22.4 Å². The van der Waals surface area contributed by atoms with Crippen LogP contribution in [-0.2, 0) is 0 Å². The highest BCUT2D eigenvalue weighted by atomic mass is 32.1. The van der Waals surface area contributed by atoms with Crippen LogP contribution in [0.15, 0.2) is 34.2 Å². The molecule has 2 atom stereocenters. The first-order valence-electron chi connectivity index (χ1n) is 9.30. The second kappa shape index (κ2) is 6.45. The molecule has 1 amide bonds. The first-order valence-corrected chi connectivity index (χ1v) is 10.2. The molecule has 0 aromatic carbocycles. The van der Waals surface area contributed by atoms with Crippen molar-refractivity contribution < 1.29 is 22.5 Å². The fourth-order valence-electron chi connectivity index (χ4n) is 3.96. The van der Waals surface area contributed by atoms with E-state index in [2.05, 4.69) is 10.3 Å². The van der Waals surface area contributed by atoms with Crippen LogP contribution in [0.25, 0.3) is 10.6 Å². The summed E-state index contributed by atoms with van der Waals surface area (Å²) >= 11 is 1.45. The summed E-state index contributed by atoms with van der Waals surface area (Å²) in [4.78, 5) is 15.6. The number of hydrogen-bond acceptors (Lipinski definition) is 5. The van der Waals surface area contributed by atoms with Gasteiger partial charge in [-0.1, -0.05) is 11.2 Å². The SMILES string of the molecule is Cc1cc2n(n1)[C@H](C(F)(F)F)C[C@@H](C1CC1)N2C(=O)c1cc(-c2cccs2)on1. The van der Waals surface area contributed by atoms with Crippen LogP contribution in [0, 0.1) is 12.8 Å². The van der Waals surface area contributed by atoms with E-state index in [1.807, 2.05) is 17.5 Å². The van der Waals surface area contributed by atoms with Gasteiger partial charge in [0.15, 0.2) is 17.5 Å². The molecule has 0 bridgehead atoms. The first-order chi connectivity index (χ1) is 13.8. The maximum absolute atomic E-state index is 13.7. The maximum Gasteiger partial charge on any atom is 0.410 e. The minimum atomic E-state index is -4.43. The van der Waals surface area contributed by atoms with Crippen LogP contribution in [0.3, 0.4) is 0 Å². The fraction of sp³-hybridized carbons (Fsp3) is 0.421. The van der Waals surface area contributed by atoms with Crippen LogP contribution >= 0.6 is 11.3 Å². The Bertz CT molecular complexity index is 1050. The van der Waals surface area contributed by atoms with Crippen molar-refractivity contribution >= 4 is 23.1 Å². The Labute approximate surface area is 167 Å². The van der Waals surface area contributed by atoms with Crippen LogP contribution in [-0.4, -0.2) is 33.1 Å². The number of rotatable bonds is 3. The number of amides is 1. The van der Waals surface area contributed by atoms with Crippen molar-refractivity contribution in [2.75, 3.05) is 4.90 Å². The van der Waals surface area contributed by atoms with Gasteiger partial charge in [-0.15, -0.1) is 11.3 Å². The normalized spacial score (nSPS) is 22.0. The van der Waals surface area contributed by atoms with Crippen molar-refractivity contribution in [3.05, 3.63) is 41.0 Å². The molecule has 1 fully saturated rings. The van der Waals surface area contributed by atoms with Gasteiger partial charge in [-0.05, 0) is 43.6 Å². The summed E-state index contributed by atoms with van der Waals surface area (Å²) in [6.07, 6.45) is -3.02. The third kappa shape index (κ3) is 3.15. The summed E-state index contributed by atoms with van der Waals surface area (Å²) in [5, 5.41) is 9.82. The van der Waals surface area contributed by atoms with Gasteiger partial charge in [-0.3, -0.25) is 9.69 Å².